The van der Waals surface area contributed by atoms with Crippen LogP contribution in [0.25, 0.3) is 0 Å². The third kappa shape index (κ3) is 2.90. The standard InChI is InChI=1S/C15H23FN2/c1-11(17)13-7-9-18(10-8-13)12(2)14-5-3-4-6-15(14)16/h3-6,11-13H,7-10,17H2,1-2H3. The molecule has 2 rings (SSSR count). The quantitative estimate of drug-likeness (QED) is 0.893. The van der Waals surface area contributed by atoms with Gasteiger partial charge in [0.05, 0.1) is 0 Å². The smallest absolute Gasteiger partial charge is 0.127 e. The molecule has 0 aliphatic carbocycles. The molecule has 3 heteroatoms. The summed E-state index contributed by atoms with van der Waals surface area (Å²) in [6.07, 6.45) is 2.24. The lowest BCUT2D eigenvalue weighted by Crippen LogP contribution is -2.40. The van der Waals surface area contributed by atoms with Gasteiger partial charge in [0.25, 0.3) is 0 Å². The normalized spacial score (nSPS) is 21.8. The minimum atomic E-state index is -0.0979. The highest BCUT2D eigenvalue weighted by atomic mass is 19.1. The molecule has 0 bridgehead atoms. The zero-order chi connectivity index (χ0) is 13.1. The molecule has 0 saturated carbocycles. The van der Waals surface area contributed by atoms with E-state index >= 15 is 0 Å². The van der Waals surface area contributed by atoms with Crippen molar-refractivity contribution in [3.63, 3.8) is 0 Å². The molecule has 100 valence electrons. The predicted octanol–water partition coefficient (Wildman–Crippen LogP) is 2.95. The molecular formula is C15H23FN2. The Bertz CT molecular complexity index is 384. The first kappa shape index (κ1) is 13.5. The zero-order valence-electron chi connectivity index (χ0n) is 11.3. The van der Waals surface area contributed by atoms with Crippen molar-refractivity contribution in [3.05, 3.63) is 35.6 Å². The van der Waals surface area contributed by atoms with Crippen LogP contribution in [0.4, 0.5) is 4.39 Å². The predicted molar refractivity (Wildman–Crippen MR) is 72.8 cm³/mol. The van der Waals surface area contributed by atoms with E-state index in [1.165, 1.54) is 0 Å². The van der Waals surface area contributed by atoms with Crippen LogP contribution >= 0.6 is 0 Å². The van der Waals surface area contributed by atoms with Gasteiger partial charge < -0.3 is 5.73 Å². The van der Waals surface area contributed by atoms with Crippen molar-refractivity contribution in [1.29, 1.82) is 0 Å². The molecule has 1 saturated heterocycles. The van der Waals surface area contributed by atoms with E-state index in [9.17, 15) is 4.39 Å². The van der Waals surface area contributed by atoms with Gasteiger partial charge in [0.15, 0.2) is 0 Å². The van der Waals surface area contributed by atoms with Gasteiger partial charge >= 0.3 is 0 Å². The third-order valence-corrected chi connectivity index (χ3v) is 4.22. The first-order chi connectivity index (χ1) is 8.59. The molecule has 1 aliphatic rings. The Morgan fingerprint density at radius 2 is 1.83 bits per heavy atom. The number of rotatable bonds is 3. The molecule has 2 N–H and O–H groups in total. The maximum absolute atomic E-state index is 13.8. The Hall–Kier alpha value is -0.930. The average Bonchev–Trinajstić information content (AvgIpc) is 2.38. The van der Waals surface area contributed by atoms with Crippen LogP contribution in [0.3, 0.4) is 0 Å². The number of benzene rings is 1. The average molecular weight is 250 g/mol. The van der Waals surface area contributed by atoms with Crippen molar-refractivity contribution in [2.75, 3.05) is 13.1 Å². The van der Waals surface area contributed by atoms with Crippen molar-refractivity contribution < 1.29 is 4.39 Å². The highest BCUT2D eigenvalue weighted by Gasteiger charge is 2.26. The zero-order valence-corrected chi connectivity index (χ0v) is 11.3. The summed E-state index contributed by atoms with van der Waals surface area (Å²) in [5, 5.41) is 0. The van der Waals surface area contributed by atoms with Crippen LogP contribution in [0, 0.1) is 11.7 Å². The summed E-state index contributed by atoms with van der Waals surface area (Å²) in [5.41, 5.74) is 6.75. The maximum Gasteiger partial charge on any atom is 0.127 e. The molecule has 1 heterocycles. The Balaban J connectivity index is 2.00. The molecule has 18 heavy (non-hydrogen) atoms. The van der Waals surface area contributed by atoms with E-state index in [1.807, 2.05) is 12.1 Å². The molecule has 2 atom stereocenters. The molecule has 0 radical (unpaired) electrons. The van der Waals surface area contributed by atoms with E-state index in [0.29, 0.717) is 5.92 Å². The summed E-state index contributed by atoms with van der Waals surface area (Å²) in [6.45, 7) is 6.20. The van der Waals surface area contributed by atoms with Gasteiger partial charge in [-0.3, -0.25) is 4.90 Å². The van der Waals surface area contributed by atoms with Crippen LogP contribution in [0.2, 0.25) is 0 Å². The molecule has 1 fully saturated rings. The third-order valence-electron chi connectivity index (χ3n) is 4.22. The van der Waals surface area contributed by atoms with Gasteiger partial charge in [0.2, 0.25) is 0 Å². The second kappa shape index (κ2) is 5.81. The molecule has 0 amide bonds. The summed E-state index contributed by atoms with van der Waals surface area (Å²) >= 11 is 0. The van der Waals surface area contributed by atoms with Crippen molar-refractivity contribution >= 4 is 0 Å². The summed E-state index contributed by atoms with van der Waals surface area (Å²) in [6, 6.07) is 7.51. The largest absolute Gasteiger partial charge is 0.328 e. The van der Waals surface area contributed by atoms with Crippen molar-refractivity contribution in [2.45, 2.75) is 38.8 Å². The van der Waals surface area contributed by atoms with E-state index in [0.717, 1.165) is 31.5 Å². The first-order valence-corrected chi connectivity index (χ1v) is 6.83. The van der Waals surface area contributed by atoms with Crippen molar-refractivity contribution in [3.8, 4) is 0 Å². The number of piperidine rings is 1. The molecule has 2 unspecified atom stereocenters. The number of hydrogen-bond acceptors (Lipinski definition) is 2. The van der Waals surface area contributed by atoms with Gasteiger partial charge in [0, 0.05) is 17.6 Å². The van der Waals surface area contributed by atoms with Crippen LogP contribution in [-0.4, -0.2) is 24.0 Å². The molecule has 2 nitrogen and oxygen atoms in total. The summed E-state index contributed by atoms with van der Waals surface area (Å²) in [4.78, 5) is 2.36. The van der Waals surface area contributed by atoms with Gasteiger partial charge in [-0.2, -0.15) is 0 Å². The van der Waals surface area contributed by atoms with E-state index < -0.39 is 0 Å². The number of hydrogen-bond donors (Lipinski definition) is 1. The van der Waals surface area contributed by atoms with Crippen molar-refractivity contribution in [2.24, 2.45) is 11.7 Å². The van der Waals surface area contributed by atoms with E-state index in [-0.39, 0.29) is 17.9 Å². The summed E-state index contributed by atoms with van der Waals surface area (Å²) in [7, 11) is 0. The molecule has 1 aromatic carbocycles. The monoisotopic (exact) mass is 250 g/mol. The van der Waals surface area contributed by atoms with Crippen LogP contribution < -0.4 is 5.73 Å². The Labute approximate surface area is 109 Å². The maximum atomic E-state index is 13.8. The van der Waals surface area contributed by atoms with Crippen LogP contribution in [-0.2, 0) is 0 Å². The topological polar surface area (TPSA) is 29.3 Å². The number of likely N-dealkylation sites (tertiary alicyclic amines) is 1. The summed E-state index contributed by atoms with van der Waals surface area (Å²) < 4.78 is 13.8. The number of halogens is 1. The van der Waals surface area contributed by atoms with E-state index in [4.69, 9.17) is 5.73 Å². The fourth-order valence-corrected chi connectivity index (χ4v) is 2.84. The number of nitrogens with two attached hydrogens (primary N) is 1. The Morgan fingerprint density at radius 3 is 2.39 bits per heavy atom. The highest BCUT2D eigenvalue weighted by Crippen LogP contribution is 2.28. The molecule has 0 spiro atoms. The molecular weight excluding hydrogens is 227 g/mol. The second-order valence-corrected chi connectivity index (χ2v) is 5.43. The minimum absolute atomic E-state index is 0.0979. The van der Waals surface area contributed by atoms with Crippen LogP contribution in [0.1, 0.15) is 38.3 Å². The van der Waals surface area contributed by atoms with Crippen LogP contribution in [0.5, 0.6) is 0 Å². The van der Waals surface area contributed by atoms with Gasteiger partial charge in [-0.15, -0.1) is 0 Å². The lowest BCUT2D eigenvalue weighted by atomic mass is 9.89. The van der Waals surface area contributed by atoms with E-state index in [2.05, 4.69) is 18.7 Å². The van der Waals surface area contributed by atoms with Gasteiger partial charge in [-0.25, -0.2) is 4.39 Å². The second-order valence-electron chi connectivity index (χ2n) is 5.43. The first-order valence-electron chi connectivity index (χ1n) is 6.83. The van der Waals surface area contributed by atoms with Gasteiger partial charge in [0.1, 0.15) is 5.82 Å². The molecule has 0 aromatic heterocycles. The van der Waals surface area contributed by atoms with Crippen molar-refractivity contribution in [1.82, 2.24) is 4.90 Å². The molecule has 1 aromatic rings. The van der Waals surface area contributed by atoms with Gasteiger partial charge in [-0.05, 0) is 51.8 Å². The lowest BCUT2D eigenvalue weighted by molar-refractivity contribution is 0.130. The fraction of sp³-hybridized carbons (Fsp3) is 0.600. The summed E-state index contributed by atoms with van der Waals surface area (Å²) in [5.74, 6) is 0.522. The van der Waals surface area contributed by atoms with E-state index in [1.54, 1.807) is 12.1 Å². The Morgan fingerprint density at radius 1 is 1.22 bits per heavy atom. The minimum Gasteiger partial charge on any atom is -0.328 e. The van der Waals surface area contributed by atoms with Gasteiger partial charge in [-0.1, -0.05) is 18.2 Å². The highest BCUT2D eigenvalue weighted by molar-refractivity contribution is 5.20. The van der Waals surface area contributed by atoms with Crippen LogP contribution in [0.15, 0.2) is 24.3 Å². The number of nitrogens with zero attached hydrogens (tertiary/aromatic N) is 1. The molecule has 1 aliphatic heterocycles. The fourth-order valence-electron chi connectivity index (χ4n) is 2.84. The lowest BCUT2D eigenvalue weighted by Gasteiger charge is -2.37. The SMILES string of the molecule is CC(N)C1CCN(C(C)c2ccccc2F)CC1. The Kier molecular flexibility index (Phi) is 4.36.